The van der Waals surface area contributed by atoms with E-state index in [-0.39, 0.29) is 28.8 Å². The number of carbonyl (C=O) groups is 1. The van der Waals surface area contributed by atoms with Crippen molar-refractivity contribution in [2.24, 2.45) is 0 Å². The first-order valence-corrected chi connectivity index (χ1v) is 10.5. The van der Waals surface area contributed by atoms with Crippen LogP contribution < -0.4 is 9.64 Å². The lowest BCUT2D eigenvalue weighted by Crippen LogP contribution is -2.38. The molecule has 1 aliphatic rings. The number of para-hydroxylation sites is 1. The Morgan fingerprint density at radius 1 is 1.24 bits per heavy atom. The molecule has 2 aromatic carbocycles. The van der Waals surface area contributed by atoms with Gasteiger partial charge in [0.2, 0.25) is 23.2 Å². The van der Waals surface area contributed by atoms with Crippen LogP contribution in [0, 0.1) is 5.82 Å². The Bertz CT molecular complexity index is 1080. The van der Waals surface area contributed by atoms with E-state index in [1.807, 2.05) is 12.3 Å². The minimum absolute atomic E-state index is 0.0583. The van der Waals surface area contributed by atoms with Gasteiger partial charge in [0, 0.05) is 12.0 Å². The summed E-state index contributed by atoms with van der Waals surface area (Å²) in [5, 5.41) is 8.90. The highest BCUT2D eigenvalue weighted by Crippen LogP contribution is 2.45. The van der Waals surface area contributed by atoms with Gasteiger partial charge in [-0.25, -0.2) is 4.39 Å². The molecule has 3 aromatic rings. The Kier molecular flexibility index (Phi) is 5.38. The van der Waals surface area contributed by atoms with E-state index in [4.69, 9.17) is 16.3 Å². The van der Waals surface area contributed by atoms with Crippen LogP contribution in [0.3, 0.4) is 0 Å². The lowest BCUT2D eigenvalue weighted by Gasteiger charge is -2.31. The number of amides is 1. The number of ether oxygens (including phenoxy) is 1. The van der Waals surface area contributed by atoms with Gasteiger partial charge in [0.25, 0.3) is 0 Å². The third-order valence-electron chi connectivity index (χ3n) is 4.51. The van der Waals surface area contributed by atoms with Crippen molar-refractivity contribution in [3.05, 3.63) is 58.9 Å². The molecule has 1 aliphatic heterocycles. The minimum atomic E-state index is -1.15. The molecule has 2 heterocycles. The van der Waals surface area contributed by atoms with Crippen LogP contribution in [0.25, 0.3) is 11.3 Å². The van der Waals surface area contributed by atoms with Gasteiger partial charge in [-0.15, -0.1) is 10.2 Å². The number of anilines is 1. The molecule has 0 bridgehead atoms. The Labute approximate surface area is 176 Å². The van der Waals surface area contributed by atoms with E-state index < -0.39 is 12.0 Å². The zero-order chi connectivity index (χ0) is 20.5. The summed E-state index contributed by atoms with van der Waals surface area (Å²) in [6.45, 7) is 1.73. The van der Waals surface area contributed by atoms with Crippen LogP contribution in [0.5, 0.6) is 5.88 Å². The molecule has 9 heteroatoms. The summed E-state index contributed by atoms with van der Waals surface area (Å²) in [6, 6.07) is 11.5. The van der Waals surface area contributed by atoms with Crippen molar-refractivity contribution in [1.82, 2.24) is 15.2 Å². The SMILES string of the molecule is CCC(=O)N1c2ccccc2-c2nnc(SC)nc2O[C@H]1c1c(F)cccc1Cl. The monoisotopic (exact) mass is 430 g/mol. The van der Waals surface area contributed by atoms with Gasteiger partial charge in [-0.1, -0.05) is 54.6 Å². The van der Waals surface area contributed by atoms with Crippen molar-refractivity contribution in [1.29, 1.82) is 0 Å². The fourth-order valence-corrected chi connectivity index (χ4v) is 3.73. The molecular weight excluding hydrogens is 415 g/mol. The predicted octanol–water partition coefficient (Wildman–Crippen LogP) is 4.89. The number of nitrogens with zero attached hydrogens (tertiary/aromatic N) is 4. The highest BCUT2D eigenvalue weighted by molar-refractivity contribution is 7.98. The first kappa shape index (κ1) is 19.6. The van der Waals surface area contributed by atoms with E-state index in [2.05, 4.69) is 15.2 Å². The lowest BCUT2D eigenvalue weighted by atomic mass is 10.1. The number of halogens is 2. The summed E-state index contributed by atoms with van der Waals surface area (Å²) in [4.78, 5) is 18.8. The molecule has 1 atom stereocenters. The predicted molar refractivity (Wildman–Crippen MR) is 110 cm³/mol. The minimum Gasteiger partial charge on any atom is -0.447 e. The first-order valence-electron chi connectivity index (χ1n) is 8.85. The number of carbonyl (C=O) groups excluding carboxylic acids is 1. The van der Waals surface area contributed by atoms with Crippen LogP contribution >= 0.6 is 23.4 Å². The molecule has 1 aromatic heterocycles. The molecule has 0 saturated heterocycles. The largest absolute Gasteiger partial charge is 0.447 e. The molecule has 0 N–H and O–H groups in total. The second kappa shape index (κ2) is 7.96. The quantitative estimate of drug-likeness (QED) is 0.551. The van der Waals surface area contributed by atoms with Crippen LogP contribution in [0.1, 0.15) is 25.1 Å². The summed E-state index contributed by atoms with van der Waals surface area (Å²) in [7, 11) is 0. The number of hydrogen-bond donors (Lipinski definition) is 0. The van der Waals surface area contributed by atoms with Gasteiger partial charge in [0.15, 0.2) is 5.69 Å². The van der Waals surface area contributed by atoms with Gasteiger partial charge in [-0.3, -0.25) is 9.69 Å². The summed E-state index contributed by atoms with van der Waals surface area (Å²) in [5.74, 6) is -0.676. The van der Waals surface area contributed by atoms with Crippen molar-refractivity contribution >= 4 is 35.0 Å². The maximum absolute atomic E-state index is 14.9. The van der Waals surface area contributed by atoms with E-state index in [1.54, 1.807) is 31.2 Å². The number of fused-ring (bicyclic) bond motifs is 3. The zero-order valence-electron chi connectivity index (χ0n) is 15.6. The van der Waals surface area contributed by atoms with Crippen molar-refractivity contribution in [3.63, 3.8) is 0 Å². The molecule has 0 spiro atoms. The molecule has 148 valence electrons. The van der Waals surface area contributed by atoms with Gasteiger partial charge < -0.3 is 4.74 Å². The van der Waals surface area contributed by atoms with Gasteiger partial charge in [0.1, 0.15) is 5.82 Å². The molecule has 4 rings (SSSR count). The molecule has 6 nitrogen and oxygen atoms in total. The Balaban J connectivity index is 2.03. The van der Waals surface area contributed by atoms with Gasteiger partial charge >= 0.3 is 0 Å². The maximum Gasteiger partial charge on any atom is 0.247 e. The highest BCUT2D eigenvalue weighted by Gasteiger charge is 2.37. The lowest BCUT2D eigenvalue weighted by molar-refractivity contribution is -0.120. The number of rotatable bonds is 3. The molecule has 0 aliphatic carbocycles. The number of aromatic nitrogens is 3. The summed E-state index contributed by atoms with van der Waals surface area (Å²) < 4.78 is 21.0. The molecule has 29 heavy (non-hydrogen) atoms. The smallest absolute Gasteiger partial charge is 0.247 e. The van der Waals surface area contributed by atoms with E-state index in [0.717, 1.165) is 0 Å². The summed E-state index contributed by atoms with van der Waals surface area (Å²) in [6.07, 6.45) is 0.850. The molecule has 0 unspecified atom stereocenters. The third kappa shape index (κ3) is 3.42. The number of thioether (sulfide) groups is 1. The van der Waals surface area contributed by atoms with Crippen LogP contribution in [0.2, 0.25) is 5.02 Å². The van der Waals surface area contributed by atoms with Crippen molar-refractivity contribution in [3.8, 4) is 17.1 Å². The van der Waals surface area contributed by atoms with Crippen molar-refractivity contribution in [2.45, 2.75) is 24.7 Å². The highest BCUT2D eigenvalue weighted by atomic mass is 35.5. The topological polar surface area (TPSA) is 68.2 Å². The van der Waals surface area contributed by atoms with E-state index in [9.17, 15) is 9.18 Å². The second-order valence-electron chi connectivity index (χ2n) is 6.19. The van der Waals surface area contributed by atoms with Gasteiger partial charge in [-0.2, -0.15) is 4.98 Å². The van der Waals surface area contributed by atoms with Crippen molar-refractivity contribution in [2.75, 3.05) is 11.2 Å². The first-order chi connectivity index (χ1) is 14.0. The maximum atomic E-state index is 14.9. The van der Waals surface area contributed by atoms with Crippen LogP contribution in [0.15, 0.2) is 47.6 Å². The average Bonchev–Trinajstić information content (AvgIpc) is 2.87. The molecule has 0 fully saturated rings. The van der Waals surface area contributed by atoms with Gasteiger partial charge in [0.05, 0.1) is 16.3 Å². The van der Waals surface area contributed by atoms with E-state index in [1.165, 1.54) is 28.8 Å². The normalized spacial score (nSPS) is 15.2. The van der Waals surface area contributed by atoms with Crippen LogP contribution in [-0.2, 0) is 4.79 Å². The summed E-state index contributed by atoms with van der Waals surface area (Å²) >= 11 is 7.63. The molecule has 0 radical (unpaired) electrons. The Morgan fingerprint density at radius 2 is 2.03 bits per heavy atom. The molecule has 0 saturated carbocycles. The fraction of sp³-hybridized carbons (Fsp3) is 0.200. The van der Waals surface area contributed by atoms with Crippen LogP contribution in [0.4, 0.5) is 10.1 Å². The summed E-state index contributed by atoms with van der Waals surface area (Å²) in [5.41, 5.74) is 1.58. The zero-order valence-corrected chi connectivity index (χ0v) is 17.2. The van der Waals surface area contributed by atoms with Gasteiger partial charge in [-0.05, 0) is 24.5 Å². The van der Waals surface area contributed by atoms with Crippen molar-refractivity contribution < 1.29 is 13.9 Å². The Morgan fingerprint density at radius 3 is 2.76 bits per heavy atom. The Hall–Kier alpha value is -2.71. The average molecular weight is 431 g/mol. The van der Waals surface area contributed by atoms with Crippen LogP contribution in [-0.4, -0.2) is 27.3 Å². The van der Waals surface area contributed by atoms with E-state index >= 15 is 0 Å². The standard InChI is InChI=1S/C20H16ClFN4O2S/c1-3-15(27)26-14-10-5-4-7-11(14)17-18(23-20(29-2)25-24-17)28-19(26)16-12(21)8-6-9-13(16)22/h4-10,19H,3H2,1-2H3/t19-/m0/s1. The third-order valence-corrected chi connectivity index (χ3v) is 5.38. The molecular formula is C20H16ClFN4O2S. The molecule has 1 amide bonds. The van der Waals surface area contributed by atoms with E-state index in [0.29, 0.717) is 22.1 Å². The number of hydrogen-bond acceptors (Lipinski definition) is 6. The number of benzene rings is 2. The second-order valence-corrected chi connectivity index (χ2v) is 7.37. The fourth-order valence-electron chi connectivity index (χ4n) is 3.17.